The van der Waals surface area contributed by atoms with Crippen LogP contribution in [-0.4, -0.2) is 14.2 Å². The van der Waals surface area contributed by atoms with E-state index < -0.39 is 9.84 Å². The Hall–Kier alpha value is -1.61. The van der Waals surface area contributed by atoms with E-state index in [2.05, 4.69) is 38.1 Å². The molecule has 2 nitrogen and oxygen atoms in total. The number of hydrogen-bond donors (Lipinski definition) is 0. The van der Waals surface area contributed by atoms with Gasteiger partial charge in [0.2, 0.25) is 0 Å². The monoisotopic (exact) mass is 330 g/mol. The average Bonchev–Trinajstić information content (AvgIpc) is 2.55. The minimum absolute atomic E-state index is 0.251. The fourth-order valence-electron chi connectivity index (χ4n) is 2.61. The highest BCUT2D eigenvalue weighted by Crippen LogP contribution is 2.22. The van der Waals surface area contributed by atoms with Crippen molar-refractivity contribution >= 4 is 9.84 Å². The summed E-state index contributed by atoms with van der Waals surface area (Å²) in [5.41, 5.74) is 3.38. The van der Waals surface area contributed by atoms with Gasteiger partial charge in [-0.15, -0.1) is 0 Å². The summed E-state index contributed by atoms with van der Waals surface area (Å²) in [6.07, 6.45) is 5.23. The first-order valence-electron chi connectivity index (χ1n) is 8.43. The standard InChI is InChI=1S/C20H26O2S/c1-3-4-5-6-7-16-23(21,22)20-14-12-19(13-15-20)18-10-8-17(2)9-11-18/h8-15H,3-7,16H2,1-2H3. The molecule has 2 rings (SSSR count). The first-order valence-corrected chi connectivity index (χ1v) is 10.1. The maximum absolute atomic E-state index is 12.4. The van der Waals surface area contributed by atoms with Crippen LogP contribution in [0.1, 0.15) is 44.6 Å². The molecular weight excluding hydrogens is 304 g/mol. The Morgan fingerprint density at radius 2 is 1.26 bits per heavy atom. The normalized spacial score (nSPS) is 11.6. The van der Waals surface area contributed by atoms with E-state index in [0.29, 0.717) is 4.90 Å². The molecule has 124 valence electrons. The number of benzene rings is 2. The third-order valence-corrected chi connectivity index (χ3v) is 5.93. The molecule has 23 heavy (non-hydrogen) atoms. The number of sulfone groups is 1. The summed E-state index contributed by atoms with van der Waals surface area (Å²) in [5, 5.41) is 0. The van der Waals surface area contributed by atoms with Crippen molar-refractivity contribution in [1.29, 1.82) is 0 Å². The molecule has 0 spiro atoms. The van der Waals surface area contributed by atoms with Crippen molar-refractivity contribution in [1.82, 2.24) is 0 Å². The number of unbranched alkanes of at least 4 members (excludes halogenated alkanes) is 4. The summed E-state index contributed by atoms with van der Waals surface area (Å²) in [6, 6.07) is 15.5. The molecule has 0 amide bonds. The van der Waals surface area contributed by atoms with Crippen LogP contribution in [0.15, 0.2) is 53.4 Å². The van der Waals surface area contributed by atoms with E-state index in [-0.39, 0.29) is 5.75 Å². The molecule has 0 aliphatic carbocycles. The number of hydrogen-bond acceptors (Lipinski definition) is 2. The van der Waals surface area contributed by atoms with E-state index in [1.54, 1.807) is 12.1 Å². The fraction of sp³-hybridized carbons (Fsp3) is 0.400. The predicted octanol–water partition coefficient (Wildman–Crippen LogP) is 5.41. The minimum atomic E-state index is -3.15. The van der Waals surface area contributed by atoms with E-state index >= 15 is 0 Å². The molecule has 0 N–H and O–H groups in total. The molecule has 0 radical (unpaired) electrons. The summed E-state index contributed by atoms with van der Waals surface area (Å²) < 4.78 is 24.7. The molecule has 0 saturated heterocycles. The van der Waals surface area contributed by atoms with Crippen molar-refractivity contribution in [2.75, 3.05) is 5.75 Å². The van der Waals surface area contributed by atoms with E-state index in [9.17, 15) is 8.42 Å². The Balaban J connectivity index is 2.02. The van der Waals surface area contributed by atoms with E-state index in [1.165, 1.54) is 18.4 Å². The largest absolute Gasteiger partial charge is 0.224 e. The molecule has 3 heteroatoms. The van der Waals surface area contributed by atoms with Crippen molar-refractivity contribution in [3.05, 3.63) is 54.1 Å². The van der Waals surface area contributed by atoms with Gasteiger partial charge < -0.3 is 0 Å². The molecule has 2 aromatic carbocycles. The topological polar surface area (TPSA) is 34.1 Å². The summed E-state index contributed by atoms with van der Waals surface area (Å²) in [4.78, 5) is 0.434. The first-order chi connectivity index (χ1) is 11.0. The Bertz CT molecular complexity index is 698. The van der Waals surface area contributed by atoms with Crippen LogP contribution >= 0.6 is 0 Å². The predicted molar refractivity (Wildman–Crippen MR) is 97.4 cm³/mol. The van der Waals surface area contributed by atoms with Crippen molar-refractivity contribution in [3.8, 4) is 11.1 Å². The van der Waals surface area contributed by atoms with E-state index in [0.717, 1.165) is 30.4 Å². The second-order valence-corrected chi connectivity index (χ2v) is 8.23. The van der Waals surface area contributed by atoms with Crippen LogP contribution < -0.4 is 0 Å². The summed E-state index contributed by atoms with van der Waals surface area (Å²) >= 11 is 0. The van der Waals surface area contributed by atoms with Gasteiger partial charge in [-0.2, -0.15) is 0 Å². The van der Waals surface area contributed by atoms with Gasteiger partial charge in [-0.05, 0) is 36.6 Å². The number of rotatable bonds is 8. The molecule has 0 aliphatic heterocycles. The average molecular weight is 330 g/mol. The van der Waals surface area contributed by atoms with Gasteiger partial charge in [-0.25, -0.2) is 8.42 Å². The van der Waals surface area contributed by atoms with Crippen molar-refractivity contribution < 1.29 is 8.42 Å². The third kappa shape index (κ3) is 5.21. The van der Waals surface area contributed by atoms with Gasteiger partial charge >= 0.3 is 0 Å². The van der Waals surface area contributed by atoms with Gasteiger partial charge in [0.25, 0.3) is 0 Å². The van der Waals surface area contributed by atoms with Crippen LogP contribution in [0, 0.1) is 6.92 Å². The van der Waals surface area contributed by atoms with Crippen LogP contribution in [0.25, 0.3) is 11.1 Å². The molecule has 0 saturated carbocycles. The second-order valence-electron chi connectivity index (χ2n) is 6.12. The zero-order valence-electron chi connectivity index (χ0n) is 14.1. The minimum Gasteiger partial charge on any atom is -0.224 e. The first kappa shape index (κ1) is 17.7. The summed E-state index contributed by atoms with van der Waals surface area (Å²) in [5.74, 6) is 0.251. The van der Waals surface area contributed by atoms with Crippen LogP contribution in [0.3, 0.4) is 0 Å². The van der Waals surface area contributed by atoms with Gasteiger partial charge in [-0.3, -0.25) is 0 Å². The molecule has 2 aromatic rings. The Kier molecular flexibility index (Phi) is 6.40. The maximum atomic E-state index is 12.4. The lowest BCUT2D eigenvalue weighted by Crippen LogP contribution is -2.06. The zero-order valence-corrected chi connectivity index (χ0v) is 14.9. The highest BCUT2D eigenvalue weighted by atomic mass is 32.2. The molecule has 0 aromatic heterocycles. The maximum Gasteiger partial charge on any atom is 0.178 e. The molecule has 0 unspecified atom stereocenters. The number of aryl methyl sites for hydroxylation is 1. The van der Waals surface area contributed by atoms with Crippen LogP contribution in [0.2, 0.25) is 0 Å². The quantitative estimate of drug-likeness (QED) is 0.607. The smallest absolute Gasteiger partial charge is 0.178 e. The Labute approximate surface area is 140 Å². The van der Waals surface area contributed by atoms with Gasteiger partial charge in [0, 0.05) is 0 Å². The Morgan fingerprint density at radius 3 is 1.83 bits per heavy atom. The van der Waals surface area contributed by atoms with Crippen LogP contribution in [-0.2, 0) is 9.84 Å². The van der Waals surface area contributed by atoms with Crippen molar-refractivity contribution in [3.63, 3.8) is 0 Å². The van der Waals surface area contributed by atoms with Crippen molar-refractivity contribution in [2.24, 2.45) is 0 Å². The summed E-state index contributed by atoms with van der Waals surface area (Å²) in [6.45, 7) is 4.21. The SMILES string of the molecule is CCCCCCCS(=O)(=O)c1ccc(-c2ccc(C)cc2)cc1. The highest BCUT2D eigenvalue weighted by molar-refractivity contribution is 7.91. The lowest BCUT2D eigenvalue weighted by molar-refractivity contribution is 0.587. The lowest BCUT2D eigenvalue weighted by Gasteiger charge is -2.07. The second kappa shape index (κ2) is 8.30. The molecular formula is C20H26O2S. The third-order valence-electron chi connectivity index (χ3n) is 4.11. The van der Waals surface area contributed by atoms with Gasteiger partial charge in [-0.1, -0.05) is 74.6 Å². The van der Waals surface area contributed by atoms with Gasteiger partial charge in [0.05, 0.1) is 10.6 Å². The molecule has 0 heterocycles. The zero-order chi connectivity index (χ0) is 16.7. The molecule has 0 bridgehead atoms. The fourth-order valence-corrected chi connectivity index (χ4v) is 3.98. The van der Waals surface area contributed by atoms with Crippen LogP contribution in [0.5, 0.6) is 0 Å². The van der Waals surface area contributed by atoms with Gasteiger partial charge in [0.1, 0.15) is 0 Å². The molecule has 0 atom stereocenters. The molecule has 0 aliphatic rings. The molecule has 0 fully saturated rings. The Morgan fingerprint density at radius 1 is 0.739 bits per heavy atom. The van der Waals surface area contributed by atoms with Gasteiger partial charge in [0.15, 0.2) is 9.84 Å². The van der Waals surface area contributed by atoms with E-state index in [4.69, 9.17) is 0 Å². The highest BCUT2D eigenvalue weighted by Gasteiger charge is 2.13. The summed E-state index contributed by atoms with van der Waals surface area (Å²) in [7, 11) is -3.15. The lowest BCUT2D eigenvalue weighted by atomic mass is 10.0. The van der Waals surface area contributed by atoms with Crippen LogP contribution in [0.4, 0.5) is 0 Å². The van der Waals surface area contributed by atoms with E-state index in [1.807, 2.05) is 12.1 Å². The van der Waals surface area contributed by atoms with Crippen molar-refractivity contribution in [2.45, 2.75) is 50.8 Å².